The Morgan fingerprint density at radius 1 is 1.19 bits per heavy atom. The van der Waals surface area contributed by atoms with Gasteiger partial charge in [-0.15, -0.1) is 0 Å². The van der Waals surface area contributed by atoms with Gasteiger partial charge in [-0.05, 0) is 24.3 Å². The molecule has 3 aromatic rings. The van der Waals surface area contributed by atoms with Gasteiger partial charge in [0.1, 0.15) is 11.6 Å². The van der Waals surface area contributed by atoms with E-state index in [0.717, 1.165) is 24.4 Å². The number of methoxy groups -OCH3 is 1. The number of hydrogen-bond acceptors (Lipinski definition) is 5. The van der Waals surface area contributed by atoms with Crippen molar-refractivity contribution in [2.24, 2.45) is 0 Å². The van der Waals surface area contributed by atoms with Gasteiger partial charge in [-0.25, -0.2) is 9.49 Å². The van der Waals surface area contributed by atoms with Crippen LogP contribution in [0.1, 0.15) is 20.0 Å². The zero-order chi connectivity index (χ0) is 25.3. The molecule has 31 heavy (non-hydrogen) atoms. The first kappa shape index (κ1) is 18.2. The first-order valence-electron chi connectivity index (χ1n) is 9.66. The van der Waals surface area contributed by atoms with E-state index in [9.17, 15) is 27.2 Å². The SMILES string of the molecule is [2H]C([2H])([2H])Oc1cc(F)ccc1Oc1cc(C(F)(F)F)c(Cl)cc1C(=O)Nc1cn[nH]c(=O)c1. The Labute approximate surface area is 180 Å². The van der Waals surface area contributed by atoms with Gasteiger partial charge in [-0.2, -0.15) is 18.3 Å². The van der Waals surface area contributed by atoms with Crippen molar-refractivity contribution in [1.29, 1.82) is 0 Å². The Balaban J connectivity index is 2.10. The fraction of sp³-hybridized carbons (Fsp3) is 0.105. The highest BCUT2D eigenvalue weighted by molar-refractivity contribution is 6.32. The van der Waals surface area contributed by atoms with Gasteiger partial charge in [0, 0.05) is 12.1 Å². The Morgan fingerprint density at radius 2 is 1.97 bits per heavy atom. The number of nitrogens with zero attached hydrogens (tertiary/aromatic N) is 1. The highest BCUT2D eigenvalue weighted by Crippen LogP contribution is 2.41. The summed E-state index contributed by atoms with van der Waals surface area (Å²) in [5, 5.41) is 6.96. The van der Waals surface area contributed by atoms with Crippen molar-refractivity contribution in [3.05, 3.63) is 74.9 Å². The first-order chi connectivity index (χ1) is 15.7. The van der Waals surface area contributed by atoms with E-state index in [2.05, 4.69) is 20.3 Å². The van der Waals surface area contributed by atoms with Crippen LogP contribution in [0.2, 0.25) is 5.02 Å². The molecular weight excluding hydrogens is 446 g/mol. The molecule has 0 aliphatic rings. The number of aromatic nitrogens is 2. The lowest BCUT2D eigenvalue weighted by molar-refractivity contribution is -0.137. The minimum absolute atomic E-state index is 0.0936. The number of aromatic amines is 1. The van der Waals surface area contributed by atoms with Crippen LogP contribution in [-0.2, 0) is 6.18 Å². The Kier molecular flexibility index (Phi) is 5.07. The van der Waals surface area contributed by atoms with E-state index in [4.69, 9.17) is 20.5 Å². The largest absolute Gasteiger partial charge is 0.493 e. The third-order valence-electron chi connectivity index (χ3n) is 3.78. The molecule has 0 spiro atoms. The predicted molar refractivity (Wildman–Crippen MR) is 102 cm³/mol. The van der Waals surface area contributed by atoms with Crippen molar-refractivity contribution in [3.63, 3.8) is 0 Å². The molecule has 3 rings (SSSR count). The molecule has 1 aromatic heterocycles. The molecule has 7 nitrogen and oxygen atoms in total. The molecular formula is C19H12ClF4N3O4. The Morgan fingerprint density at radius 3 is 2.65 bits per heavy atom. The molecule has 1 heterocycles. The molecule has 0 fully saturated rings. The van der Waals surface area contributed by atoms with E-state index < -0.39 is 63.9 Å². The maximum atomic E-state index is 13.6. The highest BCUT2D eigenvalue weighted by Gasteiger charge is 2.35. The molecule has 1 amide bonds. The summed E-state index contributed by atoms with van der Waals surface area (Å²) in [6, 6.07) is 4.42. The molecule has 2 aromatic carbocycles. The number of nitrogens with one attached hydrogen (secondary N) is 2. The number of amides is 1. The van der Waals surface area contributed by atoms with Crippen LogP contribution in [0, 0.1) is 5.82 Å². The molecule has 0 bridgehead atoms. The van der Waals surface area contributed by atoms with Crippen LogP contribution in [-0.4, -0.2) is 23.1 Å². The van der Waals surface area contributed by atoms with Crippen molar-refractivity contribution in [2.75, 3.05) is 12.4 Å². The highest BCUT2D eigenvalue weighted by atomic mass is 35.5. The molecule has 0 saturated carbocycles. The maximum Gasteiger partial charge on any atom is 0.417 e. The number of hydrogen-bond donors (Lipinski definition) is 2. The summed E-state index contributed by atoms with van der Waals surface area (Å²) in [5.41, 5.74) is -2.65. The Hall–Kier alpha value is -3.60. The van der Waals surface area contributed by atoms with E-state index in [-0.39, 0.29) is 5.69 Å². The van der Waals surface area contributed by atoms with Crippen LogP contribution in [0.5, 0.6) is 17.2 Å². The minimum atomic E-state index is -4.94. The molecule has 2 N–H and O–H groups in total. The summed E-state index contributed by atoms with van der Waals surface area (Å²) in [5.74, 6) is -3.83. The van der Waals surface area contributed by atoms with Crippen LogP contribution in [0.4, 0.5) is 23.2 Å². The second-order valence-corrected chi connectivity index (χ2v) is 6.32. The summed E-state index contributed by atoms with van der Waals surface area (Å²) in [6.07, 6.45) is -3.88. The van der Waals surface area contributed by atoms with Gasteiger partial charge in [0.15, 0.2) is 11.5 Å². The minimum Gasteiger partial charge on any atom is -0.493 e. The third kappa shape index (κ3) is 5.12. The monoisotopic (exact) mass is 460 g/mol. The number of carbonyl (C=O) groups is 1. The fourth-order valence-electron chi connectivity index (χ4n) is 2.44. The van der Waals surface area contributed by atoms with Crippen LogP contribution in [0.15, 0.2) is 47.4 Å². The van der Waals surface area contributed by atoms with Crippen molar-refractivity contribution in [2.45, 2.75) is 6.18 Å². The first-order valence-corrected chi connectivity index (χ1v) is 8.54. The number of benzene rings is 2. The molecule has 0 atom stereocenters. The summed E-state index contributed by atoms with van der Waals surface area (Å²) < 4.78 is 85.4. The number of carbonyl (C=O) groups excluding carboxylic acids is 1. The van der Waals surface area contributed by atoms with E-state index in [0.29, 0.717) is 18.2 Å². The van der Waals surface area contributed by atoms with Gasteiger partial charge in [-0.1, -0.05) is 11.6 Å². The molecule has 0 aliphatic carbocycles. The zero-order valence-corrected chi connectivity index (χ0v) is 15.8. The fourth-order valence-corrected chi connectivity index (χ4v) is 2.71. The standard InChI is InChI=1S/C19H12ClF4N3O4/c1-30-16-4-9(21)2-3-14(16)31-15-7-12(19(22,23)24)13(20)6-11(15)18(29)26-10-5-17(28)27-25-8-10/h2-8H,1H3,(H2,26,27,28,29)/i1D3. The summed E-state index contributed by atoms with van der Waals surface area (Å²) in [7, 11) is -3.05. The van der Waals surface area contributed by atoms with Gasteiger partial charge in [0.05, 0.1) is 39.2 Å². The molecule has 0 saturated heterocycles. The van der Waals surface area contributed by atoms with Crippen molar-refractivity contribution in [1.82, 2.24) is 10.2 Å². The van der Waals surface area contributed by atoms with Crippen LogP contribution in [0.3, 0.4) is 0 Å². The lowest BCUT2D eigenvalue weighted by atomic mass is 10.1. The number of ether oxygens (including phenoxy) is 2. The number of rotatable bonds is 5. The number of alkyl halides is 3. The van der Waals surface area contributed by atoms with Crippen LogP contribution >= 0.6 is 11.6 Å². The third-order valence-corrected chi connectivity index (χ3v) is 4.09. The van der Waals surface area contributed by atoms with Crippen molar-refractivity contribution in [3.8, 4) is 17.2 Å². The van der Waals surface area contributed by atoms with E-state index >= 15 is 0 Å². The Bertz CT molecular complexity index is 1300. The maximum absolute atomic E-state index is 13.6. The summed E-state index contributed by atoms with van der Waals surface area (Å²) >= 11 is 5.73. The van der Waals surface area contributed by atoms with Gasteiger partial charge in [0.25, 0.3) is 11.5 Å². The van der Waals surface area contributed by atoms with Crippen molar-refractivity contribution < 1.29 is 35.9 Å². The second kappa shape index (κ2) is 8.64. The summed E-state index contributed by atoms with van der Waals surface area (Å²) in [6.45, 7) is 0. The van der Waals surface area contributed by atoms with Crippen molar-refractivity contribution >= 4 is 23.2 Å². The van der Waals surface area contributed by atoms with E-state index in [1.54, 1.807) is 0 Å². The smallest absolute Gasteiger partial charge is 0.417 e. The van der Waals surface area contributed by atoms with Crippen LogP contribution < -0.4 is 20.3 Å². The quantitative estimate of drug-likeness (QED) is 0.541. The zero-order valence-electron chi connectivity index (χ0n) is 18.0. The van der Waals surface area contributed by atoms with E-state index in [1.807, 2.05) is 0 Å². The number of anilines is 1. The number of H-pyrrole nitrogens is 1. The van der Waals surface area contributed by atoms with Gasteiger partial charge >= 0.3 is 6.18 Å². The predicted octanol–water partition coefficient (Wildman–Crippen LogP) is 4.63. The molecule has 162 valence electrons. The lowest BCUT2D eigenvalue weighted by Crippen LogP contribution is -2.17. The topological polar surface area (TPSA) is 93.3 Å². The van der Waals surface area contributed by atoms with Crippen LogP contribution in [0.25, 0.3) is 0 Å². The number of halogens is 5. The average Bonchev–Trinajstić information content (AvgIpc) is 2.68. The normalized spacial score (nSPS) is 13.0. The lowest BCUT2D eigenvalue weighted by Gasteiger charge is -2.17. The second-order valence-electron chi connectivity index (χ2n) is 5.91. The van der Waals surface area contributed by atoms with Gasteiger partial charge < -0.3 is 14.8 Å². The molecule has 0 radical (unpaired) electrons. The van der Waals surface area contributed by atoms with E-state index in [1.165, 1.54) is 0 Å². The average molecular weight is 461 g/mol. The molecule has 12 heteroatoms. The molecule has 0 aliphatic heterocycles. The molecule has 0 unspecified atom stereocenters. The summed E-state index contributed by atoms with van der Waals surface area (Å²) in [4.78, 5) is 24.1. The van der Waals surface area contributed by atoms with Gasteiger partial charge in [0.2, 0.25) is 0 Å². The van der Waals surface area contributed by atoms with Gasteiger partial charge in [-0.3, -0.25) is 9.59 Å².